The second-order valence-electron chi connectivity index (χ2n) is 5.73. The molecule has 0 aliphatic carbocycles. The van der Waals surface area contributed by atoms with Crippen LogP contribution in [0.15, 0.2) is 34.8 Å². The van der Waals surface area contributed by atoms with Crippen LogP contribution in [0.2, 0.25) is 0 Å². The number of nitrogens with one attached hydrogen (secondary N) is 3. The Hall–Kier alpha value is -1.89. The van der Waals surface area contributed by atoms with Crippen LogP contribution in [0.3, 0.4) is 0 Å². The van der Waals surface area contributed by atoms with Gasteiger partial charge in [-0.2, -0.15) is 13.2 Å². The summed E-state index contributed by atoms with van der Waals surface area (Å²) in [5.41, 5.74) is 0.930. The van der Waals surface area contributed by atoms with E-state index in [0.29, 0.717) is 23.9 Å². The van der Waals surface area contributed by atoms with Crippen molar-refractivity contribution in [2.75, 3.05) is 13.6 Å². The fraction of sp³-hybridized carbons (Fsp3) is 0.294. The Morgan fingerprint density at radius 1 is 1.29 bits per heavy atom. The number of hydrogen-bond acceptors (Lipinski definition) is 3. The van der Waals surface area contributed by atoms with E-state index in [-0.39, 0.29) is 36.3 Å². The molecule has 11 heteroatoms. The molecule has 0 radical (unpaired) electrons. The monoisotopic (exact) mass is 527 g/mol. The van der Waals surface area contributed by atoms with Gasteiger partial charge in [-0.3, -0.25) is 4.99 Å². The van der Waals surface area contributed by atoms with Gasteiger partial charge >= 0.3 is 6.18 Å². The smallest absolute Gasteiger partial charge is 0.361 e. The predicted octanol–water partition coefficient (Wildman–Crippen LogP) is 4.31. The third kappa shape index (κ3) is 5.56. The highest BCUT2D eigenvalue weighted by Crippen LogP contribution is 2.29. The van der Waals surface area contributed by atoms with Crippen LogP contribution in [0.25, 0.3) is 10.9 Å². The number of fused-ring (bicyclic) bond motifs is 1. The SMILES string of the molecule is CN=C(NCCc1c[nH]c2ccc(F)cc12)NCc1nc(C(F)(F)F)cs1.I. The molecule has 2 heterocycles. The van der Waals surface area contributed by atoms with E-state index in [9.17, 15) is 17.6 Å². The maximum Gasteiger partial charge on any atom is 0.434 e. The summed E-state index contributed by atoms with van der Waals surface area (Å²) in [6.45, 7) is 0.660. The molecular formula is C17H18F4IN5S. The van der Waals surface area contributed by atoms with E-state index in [1.165, 1.54) is 12.1 Å². The molecule has 0 saturated carbocycles. The number of guanidine groups is 1. The Morgan fingerprint density at radius 2 is 2.07 bits per heavy atom. The van der Waals surface area contributed by atoms with Gasteiger partial charge < -0.3 is 15.6 Å². The Kier molecular flexibility index (Phi) is 7.63. The van der Waals surface area contributed by atoms with Crippen LogP contribution in [0.1, 0.15) is 16.3 Å². The van der Waals surface area contributed by atoms with Gasteiger partial charge in [0.1, 0.15) is 10.8 Å². The number of thiazole rings is 1. The van der Waals surface area contributed by atoms with Crippen molar-refractivity contribution in [3.63, 3.8) is 0 Å². The number of H-pyrrole nitrogens is 1. The van der Waals surface area contributed by atoms with E-state index in [1.807, 2.05) is 6.20 Å². The highest BCUT2D eigenvalue weighted by Gasteiger charge is 2.33. The average molecular weight is 527 g/mol. The van der Waals surface area contributed by atoms with Crippen LogP contribution in [0.5, 0.6) is 0 Å². The van der Waals surface area contributed by atoms with E-state index < -0.39 is 11.9 Å². The van der Waals surface area contributed by atoms with Gasteiger partial charge in [0.2, 0.25) is 0 Å². The molecule has 5 nitrogen and oxygen atoms in total. The molecule has 0 aliphatic rings. The lowest BCUT2D eigenvalue weighted by atomic mass is 10.1. The minimum Gasteiger partial charge on any atom is -0.361 e. The molecule has 3 aromatic rings. The van der Waals surface area contributed by atoms with Gasteiger partial charge in [-0.25, -0.2) is 9.37 Å². The zero-order valence-corrected chi connectivity index (χ0v) is 17.9. The summed E-state index contributed by atoms with van der Waals surface area (Å²) in [6, 6.07) is 4.57. The quantitative estimate of drug-likeness (QED) is 0.201. The third-order valence-electron chi connectivity index (χ3n) is 3.89. The molecule has 0 aliphatic heterocycles. The fourth-order valence-corrected chi connectivity index (χ4v) is 3.32. The number of alkyl halides is 3. The maximum absolute atomic E-state index is 13.4. The van der Waals surface area contributed by atoms with Gasteiger partial charge in [0.25, 0.3) is 0 Å². The van der Waals surface area contributed by atoms with E-state index in [4.69, 9.17) is 0 Å². The summed E-state index contributed by atoms with van der Waals surface area (Å²) in [4.78, 5) is 10.7. The van der Waals surface area contributed by atoms with Gasteiger partial charge in [-0.1, -0.05) is 0 Å². The standard InChI is InChI=1S/C17H17F4N5S.HI/c1-22-16(25-8-15-26-14(9-27-15)17(19,20)21)23-5-4-10-7-24-13-3-2-11(18)6-12(10)13;/h2-3,6-7,9,24H,4-5,8H2,1H3,(H2,22,23,25);1H. The lowest BCUT2D eigenvalue weighted by molar-refractivity contribution is -0.140. The first kappa shape index (κ1) is 22.4. The van der Waals surface area contributed by atoms with Crippen molar-refractivity contribution in [1.82, 2.24) is 20.6 Å². The second kappa shape index (κ2) is 9.54. The number of hydrogen-bond donors (Lipinski definition) is 3. The molecular weight excluding hydrogens is 509 g/mol. The largest absolute Gasteiger partial charge is 0.434 e. The molecule has 3 N–H and O–H groups in total. The maximum atomic E-state index is 13.4. The molecule has 0 fully saturated rings. The molecule has 0 bridgehead atoms. The highest BCUT2D eigenvalue weighted by atomic mass is 127. The van der Waals surface area contributed by atoms with Crippen molar-refractivity contribution in [2.45, 2.75) is 19.1 Å². The fourth-order valence-electron chi connectivity index (χ4n) is 2.58. The number of nitrogens with zero attached hydrogens (tertiary/aromatic N) is 2. The number of aromatic amines is 1. The van der Waals surface area contributed by atoms with E-state index in [2.05, 4.69) is 25.6 Å². The number of rotatable bonds is 5. The van der Waals surface area contributed by atoms with Gasteiger partial charge in [-0.05, 0) is 30.2 Å². The van der Waals surface area contributed by atoms with Crippen molar-refractivity contribution < 1.29 is 17.6 Å². The Bertz CT molecular complexity index is 951. The van der Waals surface area contributed by atoms with Gasteiger partial charge in [0.15, 0.2) is 11.7 Å². The van der Waals surface area contributed by atoms with Crippen LogP contribution >= 0.6 is 35.3 Å². The zero-order valence-electron chi connectivity index (χ0n) is 14.7. The van der Waals surface area contributed by atoms with Crippen molar-refractivity contribution in [3.8, 4) is 0 Å². The molecule has 0 unspecified atom stereocenters. The molecule has 1 aromatic carbocycles. The summed E-state index contributed by atoms with van der Waals surface area (Å²) in [6.07, 6.45) is -1.98. The molecule has 0 saturated heterocycles. The molecule has 0 spiro atoms. The normalized spacial score (nSPS) is 12.1. The van der Waals surface area contributed by atoms with Crippen molar-refractivity contribution >= 4 is 52.2 Å². The molecule has 152 valence electrons. The number of aliphatic imine (C=N–C) groups is 1. The minimum atomic E-state index is -4.44. The number of halogens is 5. The Morgan fingerprint density at radius 3 is 2.75 bits per heavy atom. The number of aromatic nitrogens is 2. The summed E-state index contributed by atoms with van der Waals surface area (Å²) in [5, 5.41) is 8.14. The highest BCUT2D eigenvalue weighted by molar-refractivity contribution is 14.0. The zero-order chi connectivity index (χ0) is 19.4. The summed E-state index contributed by atoms with van der Waals surface area (Å²) in [5.74, 6) is 0.153. The first-order valence-electron chi connectivity index (χ1n) is 8.08. The van der Waals surface area contributed by atoms with Gasteiger partial charge in [0.05, 0.1) is 6.54 Å². The lowest BCUT2D eigenvalue weighted by Crippen LogP contribution is -2.37. The molecule has 2 aromatic heterocycles. The average Bonchev–Trinajstić information content (AvgIpc) is 3.25. The van der Waals surface area contributed by atoms with Gasteiger partial charge in [0, 0.05) is 36.1 Å². The number of benzene rings is 1. The molecule has 0 atom stereocenters. The second-order valence-corrected chi connectivity index (χ2v) is 6.67. The van der Waals surface area contributed by atoms with Crippen LogP contribution < -0.4 is 10.6 Å². The van der Waals surface area contributed by atoms with Gasteiger partial charge in [-0.15, -0.1) is 35.3 Å². The summed E-state index contributed by atoms with van der Waals surface area (Å²) in [7, 11) is 1.57. The van der Waals surface area contributed by atoms with Crippen molar-refractivity contribution in [2.24, 2.45) is 4.99 Å². The summed E-state index contributed by atoms with van der Waals surface area (Å²) >= 11 is 0.937. The van der Waals surface area contributed by atoms with E-state index >= 15 is 0 Å². The Balaban J connectivity index is 0.00000280. The van der Waals surface area contributed by atoms with Crippen LogP contribution in [-0.4, -0.2) is 29.5 Å². The van der Waals surface area contributed by atoms with Crippen molar-refractivity contribution in [3.05, 3.63) is 51.9 Å². The first-order chi connectivity index (χ1) is 12.9. The van der Waals surface area contributed by atoms with Crippen LogP contribution in [0, 0.1) is 5.82 Å². The van der Waals surface area contributed by atoms with E-state index in [0.717, 1.165) is 33.2 Å². The molecule has 3 rings (SSSR count). The topological polar surface area (TPSA) is 65.1 Å². The van der Waals surface area contributed by atoms with Crippen molar-refractivity contribution in [1.29, 1.82) is 0 Å². The predicted molar refractivity (Wildman–Crippen MR) is 113 cm³/mol. The Labute approximate surface area is 179 Å². The van der Waals surface area contributed by atoms with Crippen LogP contribution in [-0.2, 0) is 19.1 Å². The van der Waals surface area contributed by atoms with Crippen LogP contribution in [0.4, 0.5) is 17.6 Å². The summed E-state index contributed by atoms with van der Waals surface area (Å²) < 4.78 is 51.1. The third-order valence-corrected chi connectivity index (χ3v) is 4.74. The van der Waals surface area contributed by atoms with E-state index in [1.54, 1.807) is 13.1 Å². The molecule has 0 amide bonds. The minimum absolute atomic E-state index is 0. The lowest BCUT2D eigenvalue weighted by Gasteiger charge is -2.10. The first-order valence-corrected chi connectivity index (χ1v) is 8.96. The molecule has 28 heavy (non-hydrogen) atoms.